The highest BCUT2D eigenvalue weighted by atomic mass is 19.4. The molecule has 6 heteroatoms. The third kappa shape index (κ3) is 1.99. The lowest BCUT2D eigenvalue weighted by Gasteiger charge is -2.04. The molecule has 15 heavy (non-hydrogen) atoms. The van der Waals surface area contributed by atoms with Crippen LogP contribution in [0, 0.1) is 6.92 Å². The first-order chi connectivity index (χ1) is 6.98. The van der Waals surface area contributed by atoms with Crippen LogP contribution in [-0.2, 0) is 6.18 Å². The summed E-state index contributed by atoms with van der Waals surface area (Å²) in [5, 5.41) is 3.11. The number of aromatic amines is 1. The van der Waals surface area contributed by atoms with E-state index in [1.54, 1.807) is 6.92 Å². The normalized spacial score (nSPS) is 22.3. The van der Waals surface area contributed by atoms with Gasteiger partial charge in [0.1, 0.15) is 0 Å². The molecule has 84 valence electrons. The molecule has 0 bridgehead atoms. The largest absolute Gasteiger partial charge is 0.449 e. The second-order valence-corrected chi connectivity index (χ2v) is 3.78. The number of nitrogens with one attached hydrogen (secondary N) is 2. The minimum Gasteiger partial charge on any atom is -0.338 e. The molecule has 0 amide bonds. The molecular formula is C9H12F3N3. The Labute approximate surface area is 85.1 Å². The van der Waals surface area contributed by atoms with Gasteiger partial charge in [-0.2, -0.15) is 13.2 Å². The molecule has 0 aliphatic carbocycles. The van der Waals surface area contributed by atoms with Gasteiger partial charge in [0.2, 0.25) is 5.82 Å². The second-order valence-electron chi connectivity index (χ2n) is 3.78. The third-order valence-corrected chi connectivity index (χ3v) is 2.64. The van der Waals surface area contributed by atoms with Crippen LogP contribution < -0.4 is 5.32 Å². The standard InChI is InChI=1S/C9H12F3N3/c1-5-7(6-2-3-13-4-6)15-8(14-5)9(10,11)12/h6,13H,2-4H2,1H3,(H,14,15). The molecule has 0 saturated carbocycles. The van der Waals surface area contributed by atoms with Crippen molar-refractivity contribution in [1.82, 2.24) is 15.3 Å². The summed E-state index contributed by atoms with van der Waals surface area (Å²) in [5.41, 5.74) is 1.07. The topological polar surface area (TPSA) is 40.7 Å². The Morgan fingerprint density at radius 3 is 2.60 bits per heavy atom. The summed E-state index contributed by atoms with van der Waals surface area (Å²) in [7, 11) is 0. The molecule has 1 unspecified atom stereocenters. The van der Waals surface area contributed by atoms with E-state index in [9.17, 15) is 13.2 Å². The van der Waals surface area contributed by atoms with Gasteiger partial charge in [0, 0.05) is 18.2 Å². The Morgan fingerprint density at radius 2 is 2.13 bits per heavy atom. The first-order valence-corrected chi connectivity index (χ1v) is 4.83. The zero-order valence-electron chi connectivity index (χ0n) is 8.28. The van der Waals surface area contributed by atoms with Gasteiger partial charge in [-0.3, -0.25) is 0 Å². The van der Waals surface area contributed by atoms with Crippen molar-refractivity contribution in [2.24, 2.45) is 0 Å². The van der Waals surface area contributed by atoms with Crippen molar-refractivity contribution >= 4 is 0 Å². The lowest BCUT2D eigenvalue weighted by atomic mass is 10.0. The number of aryl methyl sites for hydroxylation is 1. The Kier molecular flexibility index (Phi) is 2.46. The van der Waals surface area contributed by atoms with Gasteiger partial charge < -0.3 is 10.3 Å². The van der Waals surface area contributed by atoms with Gasteiger partial charge in [0.05, 0.1) is 5.69 Å². The van der Waals surface area contributed by atoms with Gasteiger partial charge in [-0.1, -0.05) is 0 Å². The minimum absolute atomic E-state index is 0.109. The maximum absolute atomic E-state index is 12.4. The maximum Gasteiger partial charge on any atom is 0.449 e. The molecule has 2 rings (SSSR count). The van der Waals surface area contributed by atoms with Crippen LogP contribution in [0.1, 0.15) is 29.6 Å². The summed E-state index contributed by atoms with van der Waals surface area (Å²) in [6, 6.07) is 0. The molecule has 0 aromatic carbocycles. The second kappa shape index (κ2) is 3.52. The van der Waals surface area contributed by atoms with Crippen LogP contribution in [0.3, 0.4) is 0 Å². The summed E-state index contributed by atoms with van der Waals surface area (Å²) in [6.45, 7) is 3.19. The van der Waals surface area contributed by atoms with E-state index in [1.165, 1.54) is 0 Å². The molecule has 1 aromatic heterocycles. The fourth-order valence-electron chi connectivity index (χ4n) is 1.89. The maximum atomic E-state index is 12.4. The highest BCUT2D eigenvalue weighted by molar-refractivity contribution is 5.20. The Balaban J connectivity index is 2.29. The summed E-state index contributed by atoms with van der Waals surface area (Å²) >= 11 is 0. The quantitative estimate of drug-likeness (QED) is 0.756. The fraction of sp³-hybridized carbons (Fsp3) is 0.667. The van der Waals surface area contributed by atoms with Crippen LogP contribution in [0.25, 0.3) is 0 Å². The monoisotopic (exact) mass is 219 g/mol. The first-order valence-electron chi connectivity index (χ1n) is 4.83. The minimum atomic E-state index is -4.38. The van der Waals surface area contributed by atoms with E-state index in [2.05, 4.69) is 15.3 Å². The number of rotatable bonds is 1. The summed E-state index contributed by atoms with van der Waals surface area (Å²) in [4.78, 5) is 5.94. The number of imidazole rings is 1. The summed E-state index contributed by atoms with van der Waals surface area (Å²) in [5.74, 6) is -0.778. The average molecular weight is 219 g/mol. The van der Waals surface area contributed by atoms with Gasteiger partial charge in [-0.25, -0.2) is 4.98 Å². The van der Waals surface area contributed by atoms with Crippen molar-refractivity contribution in [1.29, 1.82) is 0 Å². The predicted molar refractivity (Wildman–Crippen MR) is 48.6 cm³/mol. The Bertz CT molecular complexity index is 350. The lowest BCUT2D eigenvalue weighted by Crippen LogP contribution is -2.10. The van der Waals surface area contributed by atoms with Gasteiger partial charge in [-0.15, -0.1) is 0 Å². The van der Waals surface area contributed by atoms with Crippen molar-refractivity contribution in [2.45, 2.75) is 25.4 Å². The van der Waals surface area contributed by atoms with E-state index in [-0.39, 0.29) is 5.92 Å². The molecule has 1 aliphatic rings. The smallest absolute Gasteiger partial charge is 0.338 e. The number of alkyl halides is 3. The molecule has 1 aliphatic heterocycles. The van der Waals surface area contributed by atoms with Crippen LogP contribution >= 0.6 is 0 Å². The molecule has 2 N–H and O–H groups in total. The van der Waals surface area contributed by atoms with E-state index in [1.807, 2.05) is 0 Å². The van der Waals surface area contributed by atoms with Gasteiger partial charge in [-0.05, 0) is 19.9 Å². The summed E-state index contributed by atoms with van der Waals surface area (Å²) < 4.78 is 37.1. The number of hydrogen-bond donors (Lipinski definition) is 2. The van der Waals surface area contributed by atoms with Crippen molar-refractivity contribution in [3.63, 3.8) is 0 Å². The van der Waals surface area contributed by atoms with E-state index in [0.717, 1.165) is 13.0 Å². The molecule has 1 aromatic rings. The van der Waals surface area contributed by atoms with E-state index < -0.39 is 12.0 Å². The molecule has 1 fully saturated rings. The zero-order chi connectivity index (χ0) is 11.1. The van der Waals surface area contributed by atoms with E-state index in [0.29, 0.717) is 17.9 Å². The number of nitrogens with zero attached hydrogens (tertiary/aromatic N) is 1. The highest BCUT2D eigenvalue weighted by Gasteiger charge is 2.36. The first kappa shape index (κ1) is 10.5. The lowest BCUT2D eigenvalue weighted by molar-refractivity contribution is -0.144. The summed E-state index contributed by atoms with van der Waals surface area (Å²) in [6.07, 6.45) is -3.53. The predicted octanol–water partition coefficient (Wildman–Crippen LogP) is 1.81. The Hall–Kier alpha value is -1.04. The van der Waals surface area contributed by atoms with Gasteiger partial charge >= 0.3 is 6.18 Å². The van der Waals surface area contributed by atoms with Crippen molar-refractivity contribution in [3.05, 3.63) is 17.2 Å². The molecule has 3 nitrogen and oxygen atoms in total. The van der Waals surface area contributed by atoms with Crippen LogP contribution in [0.4, 0.5) is 13.2 Å². The number of H-pyrrole nitrogens is 1. The molecular weight excluding hydrogens is 207 g/mol. The van der Waals surface area contributed by atoms with Crippen LogP contribution in [0.15, 0.2) is 0 Å². The van der Waals surface area contributed by atoms with E-state index in [4.69, 9.17) is 0 Å². The highest BCUT2D eigenvalue weighted by Crippen LogP contribution is 2.30. The van der Waals surface area contributed by atoms with Crippen molar-refractivity contribution in [3.8, 4) is 0 Å². The van der Waals surface area contributed by atoms with Crippen LogP contribution in [0.2, 0.25) is 0 Å². The van der Waals surface area contributed by atoms with Crippen molar-refractivity contribution < 1.29 is 13.2 Å². The molecule has 1 saturated heterocycles. The Morgan fingerprint density at radius 1 is 1.40 bits per heavy atom. The van der Waals surface area contributed by atoms with Crippen molar-refractivity contribution in [2.75, 3.05) is 13.1 Å². The van der Waals surface area contributed by atoms with Crippen LogP contribution in [0.5, 0.6) is 0 Å². The molecule has 1 atom stereocenters. The van der Waals surface area contributed by atoms with Gasteiger partial charge in [0.15, 0.2) is 0 Å². The number of halogens is 3. The average Bonchev–Trinajstić information content (AvgIpc) is 2.69. The third-order valence-electron chi connectivity index (χ3n) is 2.64. The number of hydrogen-bond acceptors (Lipinski definition) is 2. The molecule has 2 heterocycles. The number of aromatic nitrogens is 2. The zero-order valence-corrected chi connectivity index (χ0v) is 8.28. The molecule has 0 spiro atoms. The van der Waals surface area contributed by atoms with Gasteiger partial charge in [0.25, 0.3) is 0 Å². The SMILES string of the molecule is Cc1[nH]c(C(F)(F)F)nc1C1CCNC1. The van der Waals surface area contributed by atoms with E-state index >= 15 is 0 Å². The fourth-order valence-corrected chi connectivity index (χ4v) is 1.89. The molecule has 0 radical (unpaired) electrons. The van der Waals surface area contributed by atoms with Crippen LogP contribution in [-0.4, -0.2) is 23.1 Å².